The number of hydrogen-bond acceptors (Lipinski definition) is 8. The summed E-state index contributed by atoms with van der Waals surface area (Å²) in [6.45, 7) is 0.979. The van der Waals surface area contributed by atoms with E-state index in [1.807, 2.05) is 0 Å². The molecule has 1 unspecified atom stereocenters. The molecule has 3 heterocycles. The van der Waals surface area contributed by atoms with Crippen LogP contribution in [0.4, 0.5) is 0 Å². The second-order valence-electron chi connectivity index (χ2n) is 9.53. The molecular weight excluding hydrogens is 534 g/mol. The van der Waals surface area contributed by atoms with Crippen molar-refractivity contribution in [2.75, 3.05) is 27.3 Å². The number of sulfonamides is 1. The number of pyridine rings is 1. The Morgan fingerprint density at radius 3 is 2.38 bits per heavy atom. The van der Waals surface area contributed by atoms with Crippen LogP contribution in [-0.4, -0.2) is 66.7 Å². The average Bonchev–Trinajstić information content (AvgIpc) is 3.61. The first-order valence-corrected chi connectivity index (χ1v) is 14.2. The van der Waals surface area contributed by atoms with Gasteiger partial charge in [-0.2, -0.15) is 4.31 Å². The van der Waals surface area contributed by atoms with E-state index in [1.165, 1.54) is 47.7 Å². The summed E-state index contributed by atoms with van der Waals surface area (Å²) in [5.41, 5.74) is 1.19. The molecule has 10 nitrogen and oxygen atoms in total. The van der Waals surface area contributed by atoms with Crippen molar-refractivity contribution in [3.63, 3.8) is 0 Å². The fraction of sp³-hybridized carbons (Fsp3) is 0.276. The molecule has 2 saturated heterocycles. The number of aliphatic hydroxyl groups is 1. The molecule has 1 atom stereocenters. The first kappa shape index (κ1) is 27.4. The lowest BCUT2D eigenvalue weighted by Crippen LogP contribution is -2.29. The lowest BCUT2D eigenvalue weighted by atomic mass is 9.94. The summed E-state index contributed by atoms with van der Waals surface area (Å²) in [4.78, 5) is 32.4. The first-order chi connectivity index (χ1) is 19.3. The average molecular weight is 564 g/mol. The highest BCUT2D eigenvalue weighted by Crippen LogP contribution is 2.44. The zero-order valence-electron chi connectivity index (χ0n) is 22.1. The number of rotatable bonds is 8. The highest BCUT2D eigenvalue weighted by atomic mass is 32.2. The van der Waals surface area contributed by atoms with Crippen LogP contribution in [0.2, 0.25) is 0 Å². The number of aliphatic hydroxyl groups excluding tert-OH is 1. The predicted molar refractivity (Wildman–Crippen MR) is 146 cm³/mol. The Bertz CT molecular complexity index is 1560. The minimum absolute atomic E-state index is 0.0488. The van der Waals surface area contributed by atoms with Crippen LogP contribution in [-0.2, 0) is 26.2 Å². The normalized spacial score (nSPS) is 19.2. The molecule has 1 N–H and O–H groups in total. The van der Waals surface area contributed by atoms with Gasteiger partial charge in [-0.3, -0.25) is 14.6 Å². The van der Waals surface area contributed by atoms with Gasteiger partial charge in [-0.15, -0.1) is 0 Å². The Hall–Kier alpha value is -4.22. The van der Waals surface area contributed by atoms with Gasteiger partial charge in [-0.1, -0.05) is 6.07 Å². The maximum absolute atomic E-state index is 13.5. The number of amides is 1. The quantitative estimate of drug-likeness (QED) is 0.251. The molecule has 0 aliphatic carbocycles. The van der Waals surface area contributed by atoms with E-state index in [0.29, 0.717) is 35.7 Å². The Balaban J connectivity index is 1.62. The highest BCUT2D eigenvalue weighted by molar-refractivity contribution is 7.89. The summed E-state index contributed by atoms with van der Waals surface area (Å²) in [5, 5.41) is 11.5. The van der Waals surface area contributed by atoms with E-state index in [-0.39, 0.29) is 22.6 Å². The van der Waals surface area contributed by atoms with Crippen LogP contribution in [0.5, 0.6) is 11.5 Å². The zero-order valence-corrected chi connectivity index (χ0v) is 22.9. The van der Waals surface area contributed by atoms with E-state index >= 15 is 0 Å². The van der Waals surface area contributed by atoms with E-state index < -0.39 is 33.5 Å². The van der Waals surface area contributed by atoms with Crippen LogP contribution in [0.3, 0.4) is 0 Å². The number of likely N-dealkylation sites (tertiary alicyclic amines) is 1. The van der Waals surface area contributed by atoms with Gasteiger partial charge in [0.15, 0.2) is 0 Å². The third kappa shape index (κ3) is 4.93. The van der Waals surface area contributed by atoms with Crippen LogP contribution >= 0.6 is 0 Å². The monoisotopic (exact) mass is 563 g/mol. The molecule has 208 valence electrons. The highest BCUT2D eigenvalue weighted by Gasteiger charge is 2.47. The fourth-order valence-electron chi connectivity index (χ4n) is 5.13. The summed E-state index contributed by atoms with van der Waals surface area (Å²) in [5.74, 6) is -1.23. The minimum Gasteiger partial charge on any atom is -0.507 e. The van der Waals surface area contributed by atoms with Crippen LogP contribution in [0.15, 0.2) is 77.5 Å². The number of methoxy groups -OCH3 is 2. The van der Waals surface area contributed by atoms with Crippen LogP contribution in [0.25, 0.3) is 5.76 Å². The van der Waals surface area contributed by atoms with Gasteiger partial charge < -0.3 is 19.5 Å². The standard InChI is InChI=1S/C29H29N3O7S/c1-38-21-9-12-24(39-2)23(16-21)26-25(28(34)29(35)32(26)18-19-6-5-13-30-17-19)27(33)20-7-10-22(11-8-20)40(36,37)31-14-3-4-15-31/h5-13,16-17,26,33H,3-4,14-15,18H2,1-2H3/b27-25+. The molecule has 11 heteroatoms. The van der Waals surface area contributed by atoms with Crippen molar-refractivity contribution < 1.29 is 32.6 Å². The molecule has 1 aromatic heterocycles. The summed E-state index contributed by atoms with van der Waals surface area (Å²) in [6.07, 6.45) is 4.82. The maximum Gasteiger partial charge on any atom is 0.295 e. The molecule has 0 radical (unpaired) electrons. The van der Waals surface area contributed by atoms with E-state index in [9.17, 15) is 23.1 Å². The van der Waals surface area contributed by atoms with Gasteiger partial charge >= 0.3 is 0 Å². The molecule has 3 aromatic rings. The minimum atomic E-state index is -3.66. The molecule has 0 bridgehead atoms. The summed E-state index contributed by atoms with van der Waals surface area (Å²) in [6, 6.07) is 13.2. The largest absolute Gasteiger partial charge is 0.507 e. The molecule has 0 saturated carbocycles. The summed E-state index contributed by atoms with van der Waals surface area (Å²) >= 11 is 0. The second-order valence-corrected chi connectivity index (χ2v) is 11.5. The van der Waals surface area contributed by atoms with Gasteiger partial charge in [-0.25, -0.2) is 8.42 Å². The van der Waals surface area contributed by atoms with Crippen molar-refractivity contribution >= 4 is 27.5 Å². The number of carbonyl (C=O) groups is 2. The van der Waals surface area contributed by atoms with Crippen molar-refractivity contribution in [2.24, 2.45) is 0 Å². The van der Waals surface area contributed by atoms with Gasteiger partial charge in [0.05, 0.1) is 30.7 Å². The number of ether oxygens (including phenoxy) is 2. The van der Waals surface area contributed by atoms with E-state index in [4.69, 9.17) is 9.47 Å². The third-order valence-electron chi connectivity index (χ3n) is 7.18. The van der Waals surface area contributed by atoms with Crippen LogP contribution < -0.4 is 9.47 Å². The first-order valence-electron chi connectivity index (χ1n) is 12.8. The molecule has 2 fully saturated rings. The smallest absolute Gasteiger partial charge is 0.295 e. The lowest BCUT2D eigenvalue weighted by molar-refractivity contribution is -0.140. The maximum atomic E-state index is 13.5. The molecular formula is C29H29N3O7S. The number of carbonyl (C=O) groups excluding carboxylic acids is 2. The number of aromatic nitrogens is 1. The van der Waals surface area contributed by atoms with Crippen molar-refractivity contribution in [3.05, 3.63) is 89.3 Å². The zero-order chi connectivity index (χ0) is 28.4. The van der Waals surface area contributed by atoms with Crippen molar-refractivity contribution in [1.82, 2.24) is 14.2 Å². The number of benzene rings is 2. The number of Topliss-reactive ketones (excluding diaryl/α,β-unsaturated/α-hetero) is 1. The van der Waals surface area contributed by atoms with Crippen molar-refractivity contribution in [2.45, 2.75) is 30.3 Å². The number of ketones is 1. The van der Waals surface area contributed by atoms with Gasteiger partial charge in [0.2, 0.25) is 10.0 Å². The predicted octanol–water partition coefficient (Wildman–Crippen LogP) is 3.51. The van der Waals surface area contributed by atoms with E-state index in [2.05, 4.69) is 4.98 Å². The molecule has 2 aromatic carbocycles. The van der Waals surface area contributed by atoms with Crippen LogP contribution in [0.1, 0.15) is 35.6 Å². The van der Waals surface area contributed by atoms with Crippen molar-refractivity contribution in [1.29, 1.82) is 0 Å². The van der Waals surface area contributed by atoms with Gasteiger partial charge in [0.1, 0.15) is 17.3 Å². The molecule has 2 aliphatic heterocycles. The Morgan fingerprint density at radius 2 is 1.75 bits per heavy atom. The number of nitrogens with zero attached hydrogens (tertiary/aromatic N) is 3. The molecule has 1 amide bonds. The van der Waals surface area contributed by atoms with Gasteiger partial charge in [0.25, 0.3) is 11.7 Å². The molecule has 0 spiro atoms. The summed E-state index contributed by atoms with van der Waals surface area (Å²) < 4.78 is 38.3. The Kier molecular flexibility index (Phi) is 7.59. The Morgan fingerprint density at radius 1 is 1.02 bits per heavy atom. The second kappa shape index (κ2) is 11.1. The van der Waals surface area contributed by atoms with Gasteiger partial charge in [-0.05, 0) is 66.9 Å². The lowest BCUT2D eigenvalue weighted by Gasteiger charge is -2.27. The SMILES string of the molecule is COc1ccc(OC)c(C2/C(=C(\O)c3ccc(S(=O)(=O)N4CCCC4)cc3)C(=O)C(=O)N2Cc2cccnc2)c1. The fourth-order valence-corrected chi connectivity index (χ4v) is 6.64. The third-order valence-corrected chi connectivity index (χ3v) is 9.09. The van der Waals surface area contributed by atoms with Crippen molar-refractivity contribution in [3.8, 4) is 11.5 Å². The topological polar surface area (TPSA) is 126 Å². The number of hydrogen-bond donors (Lipinski definition) is 1. The van der Waals surface area contributed by atoms with E-state index in [1.54, 1.807) is 42.7 Å². The van der Waals surface area contributed by atoms with E-state index in [0.717, 1.165) is 12.8 Å². The van der Waals surface area contributed by atoms with Crippen LogP contribution in [0, 0.1) is 0 Å². The van der Waals surface area contributed by atoms with Gasteiger partial charge in [0, 0.05) is 43.2 Å². The molecule has 5 rings (SSSR count). The molecule has 40 heavy (non-hydrogen) atoms. The Labute approximate surface area is 232 Å². The molecule has 2 aliphatic rings. The summed E-state index contributed by atoms with van der Waals surface area (Å²) in [7, 11) is -0.697.